The van der Waals surface area contributed by atoms with Crippen LogP contribution in [0.25, 0.3) is 0 Å². The van der Waals surface area contributed by atoms with Crippen LogP contribution in [0, 0.1) is 5.92 Å². The van der Waals surface area contributed by atoms with E-state index >= 15 is 0 Å². The maximum Gasteiger partial charge on any atom is 0.234 e. The summed E-state index contributed by atoms with van der Waals surface area (Å²) in [4.78, 5) is 11.7. The maximum absolute atomic E-state index is 11.8. The van der Waals surface area contributed by atoms with Gasteiger partial charge in [0.05, 0.1) is 4.83 Å². The third-order valence-corrected chi connectivity index (χ3v) is 5.47. The van der Waals surface area contributed by atoms with Crippen molar-refractivity contribution < 1.29 is 4.79 Å². The van der Waals surface area contributed by atoms with Crippen molar-refractivity contribution in [2.24, 2.45) is 5.92 Å². The molecule has 1 aliphatic carbocycles. The van der Waals surface area contributed by atoms with Gasteiger partial charge in [-0.25, -0.2) is 0 Å². The fourth-order valence-corrected chi connectivity index (χ4v) is 2.80. The molecule has 2 nitrogen and oxygen atoms in total. The summed E-state index contributed by atoms with van der Waals surface area (Å²) in [6.07, 6.45) is 5.65. The first-order valence-electron chi connectivity index (χ1n) is 5.51. The van der Waals surface area contributed by atoms with Gasteiger partial charge in [-0.1, -0.05) is 29.8 Å². The van der Waals surface area contributed by atoms with Crippen LogP contribution >= 0.6 is 27.7 Å². The predicted octanol–water partition coefficient (Wildman–Crippen LogP) is 2.81. The van der Waals surface area contributed by atoms with Crippen molar-refractivity contribution in [3.05, 3.63) is 0 Å². The van der Waals surface area contributed by atoms with E-state index in [4.69, 9.17) is 0 Å². The highest BCUT2D eigenvalue weighted by molar-refractivity contribution is 9.10. The Bertz CT molecular complexity index is 223. The van der Waals surface area contributed by atoms with Crippen LogP contribution in [-0.4, -0.2) is 28.3 Å². The van der Waals surface area contributed by atoms with Gasteiger partial charge in [-0.05, 0) is 31.4 Å². The highest BCUT2D eigenvalue weighted by Gasteiger charge is 2.27. The monoisotopic (exact) mass is 293 g/mol. The van der Waals surface area contributed by atoms with E-state index in [1.165, 1.54) is 6.42 Å². The number of halogens is 1. The number of nitrogens with one attached hydrogen (secondary N) is 1. The van der Waals surface area contributed by atoms with E-state index in [1.807, 2.05) is 11.8 Å². The molecule has 0 aliphatic heterocycles. The fourth-order valence-electron chi connectivity index (χ4n) is 1.87. The quantitative estimate of drug-likeness (QED) is 0.808. The number of carbonyl (C=O) groups excluding carboxylic acids is 1. The van der Waals surface area contributed by atoms with Gasteiger partial charge in [-0.15, -0.1) is 0 Å². The van der Waals surface area contributed by atoms with E-state index < -0.39 is 0 Å². The number of alkyl halides is 1. The van der Waals surface area contributed by atoms with Crippen molar-refractivity contribution in [1.29, 1.82) is 0 Å². The largest absolute Gasteiger partial charge is 0.352 e. The molecule has 0 aromatic heterocycles. The zero-order valence-corrected chi connectivity index (χ0v) is 12.0. The second kappa shape index (κ2) is 6.14. The molecule has 1 saturated carbocycles. The van der Waals surface area contributed by atoms with E-state index in [1.54, 1.807) is 0 Å². The van der Waals surface area contributed by atoms with E-state index in [2.05, 4.69) is 41.3 Å². The van der Waals surface area contributed by atoms with Crippen LogP contribution in [0.4, 0.5) is 0 Å². The summed E-state index contributed by atoms with van der Waals surface area (Å²) in [7, 11) is 0. The van der Waals surface area contributed by atoms with E-state index in [0.29, 0.717) is 12.0 Å². The zero-order valence-electron chi connectivity index (χ0n) is 9.63. The highest BCUT2D eigenvalue weighted by Crippen LogP contribution is 2.28. The lowest BCUT2D eigenvalue weighted by Gasteiger charge is -2.18. The smallest absolute Gasteiger partial charge is 0.234 e. The van der Waals surface area contributed by atoms with Crippen LogP contribution in [-0.2, 0) is 4.79 Å². The van der Waals surface area contributed by atoms with Gasteiger partial charge in [-0.2, -0.15) is 11.8 Å². The second-order valence-corrected chi connectivity index (χ2v) is 6.65. The molecule has 1 fully saturated rings. The van der Waals surface area contributed by atoms with Crippen molar-refractivity contribution in [1.82, 2.24) is 5.32 Å². The lowest BCUT2D eigenvalue weighted by Crippen LogP contribution is -2.39. The minimum Gasteiger partial charge on any atom is -0.352 e. The average molecular weight is 294 g/mol. The Kier molecular flexibility index (Phi) is 5.47. The molecule has 0 spiro atoms. The van der Waals surface area contributed by atoms with Gasteiger partial charge in [0.2, 0.25) is 5.91 Å². The van der Waals surface area contributed by atoms with Crippen molar-refractivity contribution in [3.63, 3.8) is 0 Å². The maximum atomic E-state index is 11.8. The molecule has 0 heterocycles. The minimum absolute atomic E-state index is 0.0502. The first kappa shape index (κ1) is 13.4. The molecule has 3 unspecified atom stereocenters. The molecule has 3 atom stereocenters. The summed E-state index contributed by atoms with van der Waals surface area (Å²) in [5, 5.41) is 3.86. The normalized spacial score (nSPS) is 28.1. The summed E-state index contributed by atoms with van der Waals surface area (Å²) in [6.45, 7) is 4.11. The molecule has 15 heavy (non-hydrogen) atoms. The summed E-state index contributed by atoms with van der Waals surface area (Å²) in [5.41, 5.74) is 0. The van der Waals surface area contributed by atoms with Crippen LogP contribution < -0.4 is 5.32 Å². The number of carbonyl (C=O) groups is 1. The molecule has 88 valence electrons. The molecular weight excluding hydrogens is 274 g/mol. The molecule has 0 aromatic rings. The third-order valence-electron chi connectivity index (χ3n) is 2.90. The molecule has 0 bridgehead atoms. The van der Waals surface area contributed by atoms with Crippen LogP contribution in [0.15, 0.2) is 0 Å². The van der Waals surface area contributed by atoms with E-state index in [-0.39, 0.29) is 10.7 Å². The molecule has 1 amide bonds. The van der Waals surface area contributed by atoms with E-state index in [0.717, 1.165) is 18.1 Å². The van der Waals surface area contributed by atoms with Gasteiger partial charge >= 0.3 is 0 Å². The van der Waals surface area contributed by atoms with Crippen molar-refractivity contribution >= 4 is 33.6 Å². The summed E-state index contributed by atoms with van der Waals surface area (Å²) in [5.74, 6) is 0.500. The number of rotatable bonds is 4. The number of amides is 1. The van der Waals surface area contributed by atoms with Gasteiger partial charge < -0.3 is 5.32 Å². The van der Waals surface area contributed by atoms with Crippen molar-refractivity contribution in [2.75, 3.05) is 6.26 Å². The summed E-state index contributed by atoms with van der Waals surface area (Å²) >= 11 is 5.34. The number of hydrogen-bond acceptors (Lipinski definition) is 2. The molecule has 0 aromatic carbocycles. The lowest BCUT2D eigenvalue weighted by molar-refractivity contribution is -0.121. The van der Waals surface area contributed by atoms with Crippen LogP contribution in [0.1, 0.15) is 33.1 Å². The van der Waals surface area contributed by atoms with Gasteiger partial charge in [0.1, 0.15) is 0 Å². The molecule has 1 N–H and O–H groups in total. The average Bonchev–Trinajstić information content (AvgIpc) is 2.64. The Morgan fingerprint density at radius 1 is 1.47 bits per heavy atom. The Morgan fingerprint density at radius 3 is 2.60 bits per heavy atom. The molecule has 1 aliphatic rings. The summed E-state index contributed by atoms with van der Waals surface area (Å²) in [6, 6.07) is 0.397. The second-order valence-electron chi connectivity index (χ2n) is 4.52. The third kappa shape index (κ3) is 3.99. The molecule has 1 rings (SSSR count). The van der Waals surface area contributed by atoms with Crippen molar-refractivity contribution in [2.45, 2.75) is 49.2 Å². The Hall–Kier alpha value is 0.300. The van der Waals surface area contributed by atoms with Gasteiger partial charge in [0.15, 0.2) is 0 Å². The fraction of sp³-hybridized carbons (Fsp3) is 0.909. The molecular formula is C11H20BrNOS. The minimum atomic E-state index is -0.0502. The van der Waals surface area contributed by atoms with Crippen LogP contribution in [0.3, 0.4) is 0 Å². The Labute approximate surface area is 105 Å². The number of thioether (sulfide) groups is 1. The van der Waals surface area contributed by atoms with Gasteiger partial charge in [-0.3, -0.25) is 4.79 Å². The Balaban J connectivity index is 2.33. The zero-order chi connectivity index (χ0) is 11.4. The van der Waals surface area contributed by atoms with Crippen LogP contribution in [0.2, 0.25) is 0 Å². The first-order valence-corrected chi connectivity index (χ1v) is 7.72. The first-order chi connectivity index (χ1) is 7.04. The number of hydrogen-bond donors (Lipinski definition) is 1. The standard InChI is InChI=1S/C11H20BrNOS/c1-7(2)10(12)11(14)13-8-4-5-9(6-8)15-3/h7-10H,4-6H2,1-3H3,(H,13,14). The molecule has 0 saturated heterocycles. The summed E-state index contributed by atoms with van der Waals surface area (Å²) < 4.78 is 0. The molecule has 4 heteroatoms. The van der Waals surface area contributed by atoms with Gasteiger partial charge in [0, 0.05) is 11.3 Å². The molecule has 0 radical (unpaired) electrons. The van der Waals surface area contributed by atoms with Crippen LogP contribution in [0.5, 0.6) is 0 Å². The lowest BCUT2D eigenvalue weighted by atomic mass is 10.1. The highest BCUT2D eigenvalue weighted by atomic mass is 79.9. The Morgan fingerprint density at radius 2 is 2.13 bits per heavy atom. The van der Waals surface area contributed by atoms with Gasteiger partial charge in [0.25, 0.3) is 0 Å². The predicted molar refractivity (Wildman–Crippen MR) is 70.6 cm³/mol. The SMILES string of the molecule is CSC1CCC(NC(=O)C(Br)C(C)C)C1. The topological polar surface area (TPSA) is 29.1 Å². The van der Waals surface area contributed by atoms with E-state index in [9.17, 15) is 4.79 Å². The van der Waals surface area contributed by atoms with Crippen molar-refractivity contribution in [3.8, 4) is 0 Å².